The van der Waals surface area contributed by atoms with E-state index >= 15 is 0 Å². The van der Waals surface area contributed by atoms with Gasteiger partial charge in [0.1, 0.15) is 6.04 Å². The largest absolute Gasteiger partial charge is 0.395 e. The second-order valence-corrected chi connectivity index (χ2v) is 7.25. The lowest BCUT2D eigenvalue weighted by Gasteiger charge is -2.25. The van der Waals surface area contributed by atoms with Gasteiger partial charge in [-0.05, 0) is 47.8 Å². The molecule has 0 radical (unpaired) electrons. The van der Waals surface area contributed by atoms with Crippen molar-refractivity contribution < 1.29 is 14.7 Å². The number of carbonyl (C=O) groups is 2. The standard InChI is InChI=1S/C13H17BrN2O3S/c1-8(13(19)16(6-7-17)9-2-3-9)15-12(18)10-4-5-11(14)20-10/h4-5,8-9,17H,2-3,6-7H2,1H3,(H,15,18)/t8-/m1/s1. The fourth-order valence-electron chi connectivity index (χ4n) is 1.98. The molecular weight excluding hydrogens is 344 g/mol. The molecule has 0 bridgehead atoms. The Labute approximate surface area is 130 Å². The predicted octanol–water partition coefficient (Wildman–Crippen LogP) is 1.61. The lowest BCUT2D eigenvalue weighted by molar-refractivity contribution is -0.133. The third-order valence-electron chi connectivity index (χ3n) is 3.13. The van der Waals surface area contributed by atoms with Crippen molar-refractivity contribution in [3.8, 4) is 0 Å². The molecule has 1 aliphatic carbocycles. The number of halogens is 1. The van der Waals surface area contributed by atoms with E-state index in [0.29, 0.717) is 11.4 Å². The highest BCUT2D eigenvalue weighted by atomic mass is 79.9. The van der Waals surface area contributed by atoms with Crippen molar-refractivity contribution in [1.82, 2.24) is 10.2 Å². The maximum absolute atomic E-state index is 12.3. The quantitative estimate of drug-likeness (QED) is 0.809. The summed E-state index contributed by atoms with van der Waals surface area (Å²) in [4.78, 5) is 26.5. The molecule has 0 aromatic carbocycles. The van der Waals surface area contributed by atoms with Crippen molar-refractivity contribution in [2.24, 2.45) is 0 Å². The summed E-state index contributed by atoms with van der Waals surface area (Å²) in [6, 6.07) is 3.16. The van der Waals surface area contributed by atoms with Crippen molar-refractivity contribution in [1.29, 1.82) is 0 Å². The summed E-state index contributed by atoms with van der Waals surface area (Å²) in [6.07, 6.45) is 1.95. The summed E-state index contributed by atoms with van der Waals surface area (Å²) < 4.78 is 0.876. The van der Waals surface area contributed by atoms with Gasteiger partial charge >= 0.3 is 0 Å². The minimum atomic E-state index is -0.587. The zero-order valence-electron chi connectivity index (χ0n) is 11.1. The van der Waals surface area contributed by atoms with E-state index in [4.69, 9.17) is 5.11 Å². The lowest BCUT2D eigenvalue weighted by atomic mass is 10.2. The molecule has 110 valence electrons. The number of thiophene rings is 1. The second-order valence-electron chi connectivity index (χ2n) is 4.79. The van der Waals surface area contributed by atoms with Crippen LogP contribution in [0.1, 0.15) is 29.4 Å². The minimum Gasteiger partial charge on any atom is -0.395 e. The average molecular weight is 361 g/mol. The van der Waals surface area contributed by atoms with Gasteiger partial charge in [-0.15, -0.1) is 11.3 Å². The number of amides is 2. The number of hydrogen-bond donors (Lipinski definition) is 2. The van der Waals surface area contributed by atoms with Crippen LogP contribution in [0.4, 0.5) is 0 Å². The number of rotatable bonds is 6. The first kappa shape index (κ1) is 15.5. The zero-order valence-corrected chi connectivity index (χ0v) is 13.5. The summed E-state index contributed by atoms with van der Waals surface area (Å²) in [5.41, 5.74) is 0. The van der Waals surface area contributed by atoms with Crippen LogP contribution in [0.3, 0.4) is 0 Å². The topological polar surface area (TPSA) is 69.6 Å². The molecule has 1 heterocycles. The molecule has 1 atom stereocenters. The van der Waals surface area contributed by atoms with E-state index in [-0.39, 0.29) is 24.5 Å². The summed E-state index contributed by atoms with van der Waals surface area (Å²) in [7, 11) is 0. The first-order chi connectivity index (χ1) is 9.52. The molecule has 0 spiro atoms. The molecule has 20 heavy (non-hydrogen) atoms. The van der Waals surface area contributed by atoms with E-state index in [2.05, 4.69) is 21.2 Å². The number of aliphatic hydroxyl groups excluding tert-OH is 1. The molecule has 7 heteroatoms. The first-order valence-electron chi connectivity index (χ1n) is 6.50. The smallest absolute Gasteiger partial charge is 0.262 e. The van der Waals surface area contributed by atoms with Gasteiger partial charge in [0, 0.05) is 12.6 Å². The fraction of sp³-hybridized carbons (Fsp3) is 0.538. The van der Waals surface area contributed by atoms with Crippen molar-refractivity contribution >= 4 is 39.1 Å². The van der Waals surface area contributed by atoms with Gasteiger partial charge in [0.25, 0.3) is 5.91 Å². The molecule has 1 saturated carbocycles. The Kier molecular flexibility index (Phi) is 5.17. The molecule has 0 saturated heterocycles. The van der Waals surface area contributed by atoms with Crippen molar-refractivity contribution in [2.45, 2.75) is 31.8 Å². The molecule has 1 aromatic heterocycles. The second kappa shape index (κ2) is 6.69. The van der Waals surface area contributed by atoms with Gasteiger partial charge < -0.3 is 15.3 Å². The van der Waals surface area contributed by atoms with Crippen LogP contribution >= 0.6 is 27.3 Å². The Balaban J connectivity index is 1.94. The lowest BCUT2D eigenvalue weighted by Crippen LogP contribution is -2.48. The van der Waals surface area contributed by atoms with Crippen molar-refractivity contribution in [3.05, 3.63) is 20.8 Å². The maximum atomic E-state index is 12.3. The van der Waals surface area contributed by atoms with Crippen LogP contribution in [0.5, 0.6) is 0 Å². The Morgan fingerprint density at radius 2 is 2.25 bits per heavy atom. The van der Waals surface area contributed by atoms with Crippen LogP contribution in [0.15, 0.2) is 15.9 Å². The van der Waals surface area contributed by atoms with Crippen molar-refractivity contribution in [2.75, 3.05) is 13.2 Å². The fourth-order valence-corrected chi connectivity index (χ4v) is 3.27. The van der Waals surface area contributed by atoms with E-state index in [0.717, 1.165) is 16.6 Å². The predicted molar refractivity (Wildman–Crippen MR) is 80.8 cm³/mol. The van der Waals surface area contributed by atoms with E-state index in [1.165, 1.54) is 11.3 Å². The Hall–Kier alpha value is -0.920. The van der Waals surface area contributed by atoms with E-state index in [1.54, 1.807) is 24.0 Å². The van der Waals surface area contributed by atoms with Crippen LogP contribution in [0.25, 0.3) is 0 Å². The number of hydrogen-bond acceptors (Lipinski definition) is 4. The minimum absolute atomic E-state index is 0.0548. The molecule has 1 aliphatic rings. The van der Waals surface area contributed by atoms with Crippen LogP contribution in [-0.4, -0.2) is 47.1 Å². The molecular formula is C13H17BrN2O3S. The molecule has 1 fully saturated rings. The van der Waals surface area contributed by atoms with Gasteiger partial charge in [-0.1, -0.05) is 0 Å². The third kappa shape index (κ3) is 3.80. The molecule has 5 nitrogen and oxygen atoms in total. The highest BCUT2D eigenvalue weighted by molar-refractivity contribution is 9.11. The van der Waals surface area contributed by atoms with Gasteiger partial charge in [0.15, 0.2) is 0 Å². The Morgan fingerprint density at radius 3 is 2.75 bits per heavy atom. The highest BCUT2D eigenvalue weighted by Crippen LogP contribution is 2.27. The average Bonchev–Trinajstić information content (AvgIpc) is 3.16. The Morgan fingerprint density at radius 1 is 1.55 bits per heavy atom. The van der Waals surface area contributed by atoms with Gasteiger partial charge in [-0.3, -0.25) is 9.59 Å². The van der Waals surface area contributed by atoms with Crippen molar-refractivity contribution in [3.63, 3.8) is 0 Å². The summed E-state index contributed by atoms with van der Waals surface area (Å²) >= 11 is 4.63. The van der Waals surface area contributed by atoms with Gasteiger partial charge in [-0.25, -0.2) is 0 Å². The van der Waals surface area contributed by atoms with Crippen LogP contribution in [0, 0.1) is 0 Å². The number of carbonyl (C=O) groups excluding carboxylic acids is 2. The maximum Gasteiger partial charge on any atom is 0.262 e. The molecule has 1 aromatic rings. The van der Waals surface area contributed by atoms with Crippen LogP contribution in [0.2, 0.25) is 0 Å². The summed E-state index contributed by atoms with van der Waals surface area (Å²) in [6.45, 7) is 1.95. The molecule has 2 N–H and O–H groups in total. The van der Waals surface area contributed by atoms with Gasteiger partial charge in [0.05, 0.1) is 15.3 Å². The first-order valence-corrected chi connectivity index (χ1v) is 8.11. The highest BCUT2D eigenvalue weighted by Gasteiger charge is 2.34. The van der Waals surface area contributed by atoms with Crippen LogP contribution in [-0.2, 0) is 4.79 Å². The monoisotopic (exact) mass is 360 g/mol. The van der Waals surface area contributed by atoms with E-state index < -0.39 is 6.04 Å². The van der Waals surface area contributed by atoms with Gasteiger partial charge in [-0.2, -0.15) is 0 Å². The third-order valence-corrected chi connectivity index (χ3v) is 4.75. The number of aliphatic hydroxyl groups is 1. The molecule has 0 aliphatic heterocycles. The SMILES string of the molecule is C[C@@H](NC(=O)c1ccc(Br)s1)C(=O)N(CCO)C1CC1. The Bertz CT molecular complexity index is 502. The zero-order chi connectivity index (χ0) is 14.7. The number of nitrogens with zero attached hydrogens (tertiary/aromatic N) is 1. The van der Waals surface area contributed by atoms with E-state index in [9.17, 15) is 9.59 Å². The van der Waals surface area contributed by atoms with E-state index in [1.807, 2.05) is 0 Å². The molecule has 0 unspecified atom stereocenters. The summed E-state index contributed by atoms with van der Waals surface area (Å²) in [5, 5.41) is 11.7. The molecule has 2 rings (SSSR count). The van der Waals surface area contributed by atoms with Crippen LogP contribution < -0.4 is 5.32 Å². The normalized spacial score (nSPS) is 15.8. The number of nitrogens with one attached hydrogen (secondary N) is 1. The molecule has 2 amide bonds. The van der Waals surface area contributed by atoms with Gasteiger partial charge in [0.2, 0.25) is 5.91 Å². The summed E-state index contributed by atoms with van der Waals surface area (Å²) in [5.74, 6) is -0.383.